The largest absolute Gasteiger partial charge is 0.480 e. The molecule has 1 N–H and O–H groups in total. The fraction of sp³-hybridized carbons (Fsp3) is 0.444. The summed E-state index contributed by atoms with van der Waals surface area (Å²) in [5.41, 5.74) is 1.25. The van der Waals surface area contributed by atoms with Gasteiger partial charge in [0.05, 0.1) is 3.79 Å². The van der Waals surface area contributed by atoms with E-state index in [1.807, 2.05) is 11.9 Å². The van der Waals surface area contributed by atoms with E-state index in [0.29, 0.717) is 6.42 Å². The Morgan fingerprint density at radius 1 is 1.79 bits per heavy atom. The van der Waals surface area contributed by atoms with Crippen LogP contribution in [0.1, 0.15) is 10.4 Å². The number of hydrogen-bond donors (Lipinski definition) is 1. The minimum absolute atomic E-state index is 0.368. The van der Waals surface area contributed by atoms with Crippen molar-refractivity contribution in [2.75, 3.05) is 7.05 Å². The Labute approximate surface area is 94.5 Å². The number of carbonyl (C=O) groups is 1. The van der Waals surface area contributed by atoms with Crippen LogP contribution >= 0.6 is 27.3 Å². The summed E-state index contributed by atoms with van der Waals surface area (Å²) in [5.74, 6) is -0.734. The summed E-state index contributed by atoms with van der Waals surface area (Å²) in [6, 6.07) is 1.71. The molecule has 14 heavy (non-hydrogen) atoms. The Balaban J connectivity index is 2.30. The molecular formula is C9H10BrNO2S. The SMILES string of the molecule is CN1Cc2cc(Br)sc2CC1C(=O)O. The van der Waals surface area contributed by atoms with Crippen LogP contribution in [-0.2, 0) is 17.8 Å². The van der Waals surface area contributed by atoms with Crippen molar-refractivity contribution >= 4 is 33.2 Å². The molecule has 2 rings (SSSR count). The summed E-state index contributed by atoms with van der Waals surface area (Å²) < 4.78 is 1.09. The highest BCUT2D eigenvalue weighted by Gasteiger charge is 2.29. The number of nitrogens with zero attached hydrogens (tertiary/aromatic N) is 1. The van der Waals surface area contributed by atoms with Gasteiger partial charge in [-0.15, -0.1) is 11.3 Å². The minimum Gasteiger partial charge on any atom is -0.480 e. The van der Waals surface area contributed by atoms with Crippen molar-refractivity contribution in [1.29, 1.82) is 0 Å². The molecule has 1 atom stereocenters. The number of rotatable bonds is 1. The maximum Gasteiger partial charge on any atom is 0.321 e. The summed E-state index contributed by atoms with van der Waals surface area (Å²) in [5, 5.41) is 8.99. The molecule has 0 fully saturated rings. The monoisotopic (exact) mass is 275 g/mol. The Morgan fingerprint density at radius 3 is 3.14 bits per heavy atom. The zero-order valence-electron chi connectivity index (χ0n) is 7.66. The van der Waals surface area contributed by atoms with Crippen molar-refractivity contribution in [3.63, 3.8) is 0 Å². The molecule has 0 saturated heterocycles. The van der Waals surface area contributed by atoms with Crippen molar-refractivity contribution in [2.24, 2.45) is 0 Å². The fourth-order valence-electron chi connectivity index (χ4n) is 1.72. The molecule has 0 spiro atoms. The summed E-state index contributed by atoms with van der Waals surface area (Å²) in [6.45, 7) is 0.731. The number of hydrogen-bond acceptors (Lipinski definition) is 3. The lowest BCUT2D eigenvalue weighted by Gasteiger charge is -2.28. The Kier molecular flexibility index (Phi) is 2.64. The zero-order chi connectivity index (χ0) is 10.3. The van der Waals surface area contributed by atoms with Gasteiger partial charge in [-0.1, -0.05) is 0 Å². The summed E-state index contributed by atoms with van der Waals surface area (Å²) in [6.07, 6.45) is 0.622. The highest BCUT2D eigenvalue weighted by Crippen LogP contribution is 2.33. The second-order valence-electron chi connectivity index (χ2n) is 3.47. The van der Waals surface area contributed by atoms with Crippen LogP contribution in [0.2, 0.25) is 0 Å². The number of fused-ring (bicyclic) bond motifs is 1. The van der Waals surface area contributed by atoms with Crippen molar-refractivity contribution in [1.82, 2.24) is 4.90 Å². The average molecular weight is 276 g/mol. The van der Waals surface area contributed by atoms with E-state index < -0.39 is 5.97 Å². The van der Waals surface area contributed by atoms with Crippen LogP contribution in [0.4, 0.5) is 0 Å². The van der Waals surface area contributed by atoms with E-state index in [0.717, 1.165) is 10.3 Å². The van der Waals surface area contributed by atoms with Gasteiger partial charge in [0.15, 0.2) is 0 Å². The number of thiophene rings is 1. The molecule has 3 nitrogen and oxygen atoms in total. The van der Waals surface area contributed by atoms with Crippen molar-refractivity contribution in [3.05, 3.63) is 20.3 Å². The van der Waals surface area contributed by atoms with Gasteiger partial charge in [0.2, 0.25) is 0 Å². The molecule has 1 aliphatic heterocycles. The number of halogens is 1. The van der Waals surface area contributed by atoms with Gasteiger partial charge in [0, 0.05) is 17.8 Å². The van der Waals surface area contributed by atoms with E-state index in [1.165, 1.54) is 10.4 Å². The lowest BCUT2D eigenvalue weighted by atomic mass is 10.0. The Hall–Kier alpha value is -0.390. The third-order valence-electron chi connectivity index (χ3n) is 2.48. The number of likely N-dealkylation sites (N-methyl/N-ethyl adjacent to an activating group) is 1. The molecule has 0 saturated carbocycles. The van der Waals surface area contributed by atoms with E-state index in [-0.39, 0.29) is 6.04 Å². The van der Waals surface area contributed by atoms with Gasteiger partial charge < -0.3 is 5.11 Å². The molecule has 0 aliphatic carbocycles. The summed E-state index contributed by atoms with van der Waals surface area (Å²) in [4.78, 5) is 14.0. The van der Waals surface area contributed by atoms with Crippen molar-refractivity contribution in [3.8, 4) is 0 Å². The molecule has 1 aromatic rings. The van der Waals surface area contributed by atoms with E-state index in [4.69, 9.17) is 5.11 Å². The first-order chi connectivity index (χ1) is 6.58. The number of carboxylic acids is 1. The molecule has 1 unspecified atom stereocenters. The van der Waals surface area contributed by atoms with Crippen LogP contribution in [0.5, 0.6) is 0 Å². The van der Waals surface area contributed by atoms with Gasteiger partial charge in [-0.3, -0.25) is 9.69 Å². The van der Waals surface area contributed by atoms with Crippen LogP contribution in [0, 0.1) is 0 Å². The van der Waals surface area contributed by atoms with Crippen LogP contribution in [-0.4, -0.2) is 29.1 Å². The standard InChI is InChI=1S/C9H10BrNO2S/c1-11-4-5-2-8(10)14-7(5)3-6(11)9(12)13/h2,6H,3-4H2,1H3,(H,12,13). The molecule has 1 aliphatic rings. The molecule has 76 valence electrons. The highest BCUT2D eigenvalue weighted by atomic mass is 79.9. The van der Waals surface area contributed by atoms with Gasteiger partial charge in [-0.2, -0.15) is 0 Å². The second-order valence-corrected chi connectivity index (χ2v) is 5.99. The lowest BCUT2D eigenvalue weighted by Crippen LogP contribution is -2.42. The Bertz CT molecular complexity index is 377. The van der Waals surface area contributed by atoms with E-state index in [9.17, 15) is 4.79 Å². The highest BCUT2D eigenvalue weighted by molar-refractivity contribution is 9.11. The minimum atomic E-state index is -0.734. The van der Waals surface area contributed by atoms with Gasteiger partial charge in [-0.25, -0.2) is 0 Å². The molecule has 5 heteroatoms. The maximum atomic E-state index is 10.9. The Morgan fingerprint density at radius 2 is 2.50 bits per heavy atom. The topological polar surface area (TPSA) is 40.5 Å². The number of carboxylic acid groups (broad SMARTS) is 1. The van der Waals surface area contributed by atoms with Crippen molar-refractivity contribution < 1.29 is 9.90 Å². The van der Waals surface area contributed by atoms with Gasteiger partial charge in [0.1, 0.15) is 6.04 Å². The van der Waals surface area contributed by atoms with E-state index in [2.05, 4.69) is 22.0 Å². The smallest absolute Gasteiger partial charge is 0.321 e. The molecular weight excluding hydrogens is 266 g/mol. The van der Waals surface area contributed by atoms with Gasteiger partial charge >= 0.3 is 5.97 Å². The van der Waals surface area contributed by atoms with Crippen LogP contribution in [0.25, 0.3) is 0 Å². The zero-order valence-corrected chi connectivity index (χ0v) is 10.1. The summed E-state index contributed by atoms with van der Waals surface area (Å²) in [7, 11) is 1.85. The third kappa shape index (κ3) is 1.71. The lowest BCUT2D eigenvalue weighted by molar-refractivity contribution is -0.143. The first kappa shape index (κ1) is 10.1. The molecule has 0 amide bonds. The molecule has 1 aromatic heterocycles. The molecule has 0 aromatic carbocycles. The quantitative estimate of drug-likeness (QED) is 0.852. The first-order valence-electron chi connectivity index (χ1n) is 4.28. The number of aliphatic carboxylic acids is 1. The van der Waals surface area contributed by atoms with Gasteiger partial charge in [-0.05, 0) is 34.6 Å². The fourth-order valence-corrected chi connectivity index (χ4v) is 3.52. The predicted octanol–water partition coefficient (Wildman–Crippen LogP) is 1.95. The van der Waals surface area contributed by atoms with Gasteiger partial charge in [0.25, 0.3) is 0 Å². The van der Waals surface area contributed by atoms with Crippen LogP contribution < -0.4 is 0 Å². The molecule has 0 radical (unpaired) electrons. The maximum absolute atomic E-state index is 10.9. The van der Waals surface area contributed by atoms with E-state index >= 15 is 0 Å². The average Bonchev–Trinajstić information content (AvgIpc) is 2.42. The normalized spacial score (nSPS) is 22.0. The van der Waals surface area contributed by atoms with Crippen LogP contribution in [0.15, 0.2) is 9.85 Å². The van der Waals surface area contributed by atoms with Crippen molar-refractivity contribution in [2.45, 2.75) is 19.0 Å². The molecule has 2 heterocycles. The van der Waals surface area contributed by atoms with Crippen LogP contribution in [0.3, 0.4) is 0 Å². The summed E-state index contributed by atoms with van der Waals surface area (Å²) >= 11 is 5.06. The predicted molar refractivity (Wildman–Crippen MR) is 58.6 cm³/mol. The van der Waals surface area contributed by atoms with E-state index in [1.54, 1.807) is 11.3 Å². The molecule has 0 bridgehead atoms. The first-order valence-corrected chi connectivity index (χ1v) is 5.89. The third-order valence-corrected chi connectivity index (χ3v) is 4.18. The second kappa shape index (κ2) is 3.64.